The van der Waals surface area contributed by atoms with Gasteiger partial charge in [0, 0.05) is 29.2 Å². The van der Waals surface area contributed by atoms with E-state index in [9.17, 15) is 36.3 Å². The lowest BCUT2D eigenvalue weighted by atomic mass is 9.97. The van der Waals surface area contributed by atoms with Gasteiger partial charge in [-0.25, -0.2) is 13.2 Å². The van der Waals surface area contributed by atoms with Crippen molar-refractivity contribution >= 4 is 58.1 Å². The van der Waals surface area contributed by atoms with Crippen LogP contribution in [0.4, 0.5) is 32.0 Å². The molecular weight excluding hydrogens is 683 g/mol. The van der Waals surface area contributed by atoms with E-state index in [2.05, 4.69) is 5.32 Å². The summed E-state index contributed by atoms with van der Waals surface area (Å²) in [5.41, 5.74) is -3.17. The van der Waals surface area contributed by atoms with E-state index in [0.29, 0.717) is 17.7 Å². The van der Waals surface area contributed by atoms with E-state index in [4.69, 9.17) is 39.5 Å². The second kappa shape index (κ2) is 12.7. The third-order valence-electron chi connectivity index (χ3n) is 7.17. The summed E-state index contributed by atoms with van der Waals surface area (Å²) in [4.78, 5) is 38.7. The number of carbonyl (C=O) groups excluding carboxylic acids is 3. The van der Waals surface area contributed by atoms with Gasteiger partial charge in [0.05, 0.1) is 22.9 Å². The topological polar surface area (TPSA) is 72.5 Å². The zero-order valence-electron chi connectivity index (χ0n) is 24.6. The molecule has 0 bridgehead atoms. The van der Waals surface area contributed by atoms with Gasteiger partial charge in [-0.2, -0.15) is 13.2 Å². The van der Waals surface area contributed by atoms with Crippen molar-refractivity contribution in [3.63, 3.8) is 0 Å². The van der Waals surface area contributed by atoms with E-state index < -0.39 is 87.0 Å². The Hall–Kier alpha value is -3.28. The largest absolute Gasteiger partial charge is 0.460 e. The van der Waals surface area contributed by atoms with Crippen LogP contribution in [0, 0.1) is 30.3 Å². The molecular formula is C32H26Cl3F6NO4. The van der Waals surface area contributed by atoms with Crippen LogP contribution in [0.3, 0.4) is 0 Å². The predicted molar refractivity (Wildman–Crippen MR) is 161 cm³/mol. The number of halogens is 9. The summed E-state index contributed by atoms with van der Waals surface area (Å²) >= 11 is 18.9. The Kier molecular flexibility index (Phi) is 9.84. The molecule has 14 heteroatoms. The van der Waals surface area contributed by atoms with Gasteiger partial charge in [0.2, 0.25) is 5.91 Å². The van der Waals surface area contributed by atoms with Crippen molar-refractivity contribution < 1.29 is 45.5 Å². The summed E-state index contributed by atoms with van der Waals surface area (Å²) in [6, 6.07) is 6.74. The molecule has 0 aromatic heterocycles. The van der Waals surface area contributed by atoms with Crippen molar-refractivity contribution in [3.05, 3.63) is 98.3 Å². The number of aryl methyl sites for hydroxylation is 1. The highest BCUT2D eigenvalue weighted by molar-refractivity contribution is 6.53. The molecule has 3 aromatic carbocycles. The number of amides is 1. The van der Waals surface area contributed by atoms with Gasteiger partial charge in [0.15, 0.2) is 5.78 Å². The maximum Gasteiger partial charge on any atom is 0.419 e. The quantitative estimate of drug-likeness (QED) is 0.110. The molecule has 0 saturated heterocycles. The fraction of sp³-hybridized carbons (Fsp3) is 0.344. The number of hydrogen-bond acceptors (Lipinski definition) is 4. The molecule has 0 unspecified atom stereocenters. The Morgan fingerprint density at radius 3 is 2.17 bits per heavy atom. The van der Waals surface area contributed by atoms with Crippen molar-refractivity contribution in [1.82, 2.24) is 0 Å². The van der Waals surface area contributed by atoms with Crippen molar-refractivity contribution in [2.75, 3.05) is 5.32 Å². The van der Waals surface area contributed by atoms with Gasteiger partial charge >= 0.3 is 12.1 Å². The Balaban J connectivity index is 1.56. The molecule has 0 radical (unpaired) electrons. The number of anilines is 1. The Labute approximate surface area is 275 Å². The van der Waals surface area contributed by atoms with E-state index in [1.807, 2.05) is 0 Å². The van der Waals surface area contributed by atoms with Crippen LogP contribution in [0.2, 0.25) is 5.02 Å². The molecule has 3 aromatic rings. The maximum absolute atomic E-state index is 15.3. The van der Waals surface area contributed by atoms with Crippen LogP contribution in [-0.4, -0.2) is 27.6 Å². The first-order valence-electron chi connectivity index (χ1n) is 13.7. The second-order valence-corrected chi connectivity index (χ2v) is 13.7. The highest BCUT2D eigenvalue weighted by Gasteiger charge is 2.67. The normalized spacial score (nSPS) is 17.4. The fourth-order valence-electron chi connectivity index (χ4n) is 5.02. The first kappa shape index (κ1) is 35.6. The number of benzene rings is 3. The zero-order chi connectivity index (χ0) is 34.5. The summed E-state index contributed by atoms with van der Waals surface area (Å²) < 4.78 is 86.9. The van der Waals surface area contributed by atoms with Crippen LogP contribution >= 0.6 is 34.8 Å². The lowest BCUT2D eigenvalue weighted by Crippen LogP contribution is -2.25. The van der Waals surface area contributed by atoms with Crippen LogP contribution < -0.4 is 5.32 Å². The highest BCUT2D eigenvalue weighted by atomic mass is 35.5. The van der Waals surface area contributed by atoms with Crippen molar-refractivity contribution in [2.24, 2.45) is 5.92 Å². The molecule has 0 spiro atoms. The van der Waals surface area contributed by atoms with Crippen molar-refractivity contribution in [3.8, 4) is 0 Å². The number of Topliss-reactive ketones (excluding diaryl/α,β-unsaturated/α-hetero) is 1. The molecule has 46 heavy (non-hydrogen) atoms. The van der Waals surface area contributed by atoms with E-state index in [1.54, 1.807) is 20.8 Å². The lowest BCUT2D eigenvalue weighted by Gasteiger charge is -2.19. The summed E-state index contributed by atoms with van der Waals surface area (Å²) in [6.07, 6.45) is -6.30. The third kappa shape index (κ3) is 7.64. The number of carbonyl (C=O) groups is 3. The molecule has 1 N–H and O–H groups in total. The molecule has 1 aliphatic carbocycles. The number of esters is 1. The minimum Gasteiger partial charge on any atom is -0.460 e. The van der Waals surface area contributed by atoms with Gasteiger partial charge in [-0.15, -0.1) is 23.2 Å². The average Bonchev–Trinajstić information content (AvgIpc) is 3.50. The molecule has 5 nitrogen and oxygen atoms in total. The molecule has 2 atom stereocenters. The lowest BCUT2D eigenvalue weighted by molar-refractivity contribution is -0.154. The van der Waals surface area contributed by atoms with Gasteiger partial charge in [-0.05, 0) is 74.7 Å². The fourth-order valence-corrected chi connectivity index (χ4v) is 6.06. The number of ether oxygens (including phenoxy) is 1. The van der Waals surface area contributed by atoms with E-state index in [1.165, 1.54) is 13.0 Å². The van der Waals surface area contributed by atoms with Gasteiger partial charge in [0.1, 0.15) is 27.4 Å². The number of ketones is 1. The van der Waals surface area contributed by atoms with Crippen LogP contribution in [0.15, 0.2) is 42.5 Å². The first-order valence-corrected chi connectivity index (χ1v) is 14.8. The molecule has 1 aliphatic rings. The van der Waals surface area contributed by atoms with Gasteiger partial charge in [-0.3, -0.25) is 14.4 Å². The maximum atomic E-state index is 15.3. The number of nitrogens with one attached hydrogen (secondary N) is 1. The summed E-state index contributed by atoms with van der Waals surface area (Å²) in [5, 5.41) is 2.44. The Bertz CT molecular complexity index is 1740. The molecule has 246 valence electrons. The summed E-state index contributed by atoms with van der Waals surface area (Å²) in [5.74, 6) is -8.42. The average molecular weight is 709 g/mol. The molecule has 4 rings (SSSR count). The SMILES string of the molecule is Cc1cc(NC(=O)[C@H]2[C@H](c3ccc(F)c(C(F)(F)F)c3)C2(Cl)Cl)cc(C(=O)Cc2c(F)ccc(CC(=O)OC(C)(C)C)c2F)c1Cl. The smallest absolute Gasteiger partial charge is 0.419 e. The van der Waals surface area contributed by atoms with Gasteiger partial charge < -0.3 is 10.1 Å². The number of rotatable bonds is 8. The number of alkyl halides is 5. The molecule has 1 saturated carbocycles. The third-order valence-corrected chi connectivity index (χ3v) is 8.61. The molecule has 0 aliphatic heterocycles. The predicted octanol–water partition coefficient (Wildman–Crippen LogP) is 8.92. The van der Waals surface area contributed by atoms with Crippen LogP contribution in [0.5, 0.6) is 0 Å². The van der Waals surface area contributed by atoms with Crippen molar-refractivity contribution in [1.29, 1.82) is 0 Å². The summed E-state index contributed by atoms with van der Waals surface area (Å²) in [6.45, 7) is 6.38. The Morgan fingerprint density at radius 1 is 0.935 bits per heavy atom. The molecule has 1 fully saturated rings. The monoisotopic (exact) mass is 707 g/mol. The highest BCUT2D eigenvalue weighted by Crippen LogP contribution is 2.65. The minimum absolute atomic E-state index is 0.0136. The van der Waals surface area contributed by atoms with Crippen LogP contribution in [0.1, 0.15) is 64.9 Å². The van der Waals surface area contributed by atoms with Crippen molar-refractivity contribution in [2.45, 2.75) is 62.6 Å². The van der Waals surface area contributed by atoms with Gasteiger partial charge in [0.25, 0.3) is 0 Å². The molecule has 1 amide bonds. The Morgan fingerprint density at radius 2 is 1.57 bits per heavy atom. The summed E-state index contributed by atoms with van der Waals surface area (Å²) in [7, 11) is 0. The molecule has 0 heterocycles. The zero-order valence-corrected chi connectivity index (χ0v) is 26.9. The number of hydrogen-bond donors (Lipinski definition) is 1. The second-order valence-electron chi connectivity index (χ2n) is 11.9. The minimum atomic E-state index is -5.00. The van der Waals surface area contributed by atoms with E-state index in [0.717, 1.165) is 24.3 Å². The van der Waals surface area contributed by atoms with E-state index in [-0.39, 0.29) is 27.4 Å². The van der Waals surface area contributed by atoms with E-state index >= 15 is 4.39 Å². The van der Waals surface area contributed by atoms with Crippen LogP contribution in [0.25, 0.3) is 0 Å². The first-order chi connectivity index (χ1) is 21.1. The van der Waals surface area contributed by atoms with Crippen LogP contribution in [-0.2, 0) is 33.3 Å². The van der Waals surface area contributed by atoms with Gasteiger partial charge in [-0.1, -0.05) is 23.7 Å². The standard InChI is InChI=1S/C32H26Cl3F6NO4/c1-14-9-17(42-29(45)26-25(31(26,34)35)15-5-8-22(37)20(10-15)32(39,40)41)12-19(27(14)33)23(43)13-18-21(36)7-6-16(28(18)38)11-24(44)46-30(2,3)4/h5-10,12,25-26H,11,13H2,1-4H3,(H,42,45)/t25-,26+/m0/s1.